The van der Waals surface area contributed by atoms with Crippen LogP contribution in [-0.4, -0.2) is 51.7 Å². The Labute approximate surface area is 184 Å². The van der Waals surface area contributed by atoms with E-state index in [-0.39, 0.29) is 16.9 Å². The van der Waals surface area contributed by atoms with Gasteiger partial charge in [0.15, 0.2) is 5.69 Å². The molecule has 0 unspecified atom stereocenters. The average Bonchev–Trinajstić information content (AvgIpc) is 3.56. The van der Waals surface area contributed by atoms with E-state index in [1.807, 2.05) is 11.7 Å². The molecule has 1 N–H and O–H groups in total. The second-order valence-corrected chi connectivity index (χ2v) is 10.6. The average molecular weight is 429 g/mol. The van der Waals surface area contributed by atoms with Gasteiger partial charge in [-0.25, -0.2) is 0 Å². The molecule has 2 aliphatic carbocycles. The van der Waals surface area contributed by atoms with Gasteiger partial charge in [-0.3, -0.25) is 14.3 Å². The first-order valence-corrected chi connectivity index (χ1v) is 12.2. The van der Waals surface area contributed by atoms with Gasteiger partial charge in [0.05, 0.1) is 12.2 Å². The van der Waals surface area contributed by atoms with Crippen LogP contribution in [0.5, 0.6) is 0 Å². The molecule has 4 aliphatic rings. The van der Waals surface area contributed by atoms with Crippen molar-refractivity contribution in [3.05, 3.63) is 17.0 Å². The number of carbonyl (C=O) groups is 2. The van der Waals surface area contributed by atoms with Crippen molar-refractivity contribution in [2.45, 2.75) is 83.3 Å². The normalized spacial score (nSPS) is 24.6. The summed E-state index contributed by atoms with van der Waals surface area (Å²) in [6.45, 7) is 4.86. The minimum atomic E-state index is -0.243. The summed E-state index contributed by atoms with van der Waals surface area (Å²) in [5, 5.41) is 7.58. The van der Waals surface area contributed by atoms with Gasteiger partial charge in [0.1, 0.15) is 0 Å². The van der Waals surface area contributed by atoms with Gasteiger partial charge in [-0.15, -0.1) is 0 Å². The van der Waals surface area contributed by atoms with Gasteiger partial charge in [-0.2, -0.15) is 5.10 Å². The SMILES string of the molecule is Cn1nc(C(=O)NCC2CC2)c2c1CC1(CCN(C(=O)C3(C)CCCCC3)CC1)OC2. The molecule has 31 heavy (non-hydrogen) atoms. The first-order chi connectivity index (χ1) is 14.9. The first-order valence-electron chi connectivity index (χ1n) is 12.2. The monoisotopic (exact) mass is 428 g/mol. The summed E-state index contributed by atoms with van der Waals surface area (Å²) in [4.78, 5) is 27.9. The lowest BCUT2D eigenvalue weighted by atomic mass is 9.74. The topological polar surface area (TPSA) is 76.5 Å². The molecular formula is C24H36N4O3. The number of likely N-dealkylation sites (tertiary alicyclic amines) is 1. The Hall–Kier alpha value is -1.89. The van der Waals surface area contributed by atoms with Crippen molar-refractivity contribution in [2.75, 3.05) is 19.6 Å². The Morgan fingerprint density at radius 3 is 2.52 bits per heavy atom. The van der Waals surface area contributed by atoms with Crippen molar-refractivity contribution in [1.29, 1.82) is 0 Å². The van der Waals surface area contributed by atoms with Gasteiger partial charge < -0.3 is 15.0 Å². The molecule has 0 atom stereocenters. The third-order valence-corrected chi connectivity index (χ3v) is 8.19. The second kappa shape index (κ2) is 7.91. The fraction of sp³-hybridized carbons (Fsp3) is 0.792. The van der Waals surface area contributed by atoms with Gasteiger partial charge in [0, 0.05) is 49.8 Å². The van der Waals surface area contributed by atoms with Crippen molar-refractivity contribution < 1.29 is 14.3 Å². The van der Waals surface area contributed by atoms with Crippen molar-refractivity contribution in [3.63, 3.8) is 0 Å². The summed E-state index contributed by atoms with van der Waals surface area (Å²) < 4.78 is 8.27. The van der Waals surface area contributed by atoms with Crippen molar-refractivity contribution in [3.8, 4) is 0 Å². The third kappa shape index (κ3) is 4.01. The third-order valence-electron chi connectivity index (χ3n) is 8.19. The Kier molecular flexibility index (Phi) is 5.35. The molecule has 1 aromatic rings. The molecule has 2 saturated carbocycles. The highest BCUT2D eigenvalue weighted by Gasteiger charge is 2.45. The minimum Gasteiger partial charge on any atom is -0.370 e. The highest BCUT2D eigenvalue weighted by molar-refractivity contribution is 5.94. The van der Waals surface area contributed by atoms with Crippen molar-refractivity contribution in [2.24, 2.45) is 18.4 Å². The Morgan fingerprint density at radius 2 is 1.84 bits per heavy atom. The summed E-state index contributed by atoms with van der Waals surface area (Å²) in [5.41, 5.74) is 2.16. The van der Waals surface area contributed by atoms with E-state index >= 15 is 0 Å². The van der Waals surface area contributed by atoms with E-state index in [1.54, 1.807) is 0 Å². The smallest absolute Gasteiger partial charge is 0.272 e. The predicted molar refractivity (Wildman–Crippen MR) is 116 cm³/mol. The van der Waals surface area contributed by atoms with Crippen LogP contribution in [0.25, 0.3) is 0 Å². The van der Waals surface area contributed by atoms with E-state index < -0.39 is 0 Å². The maximum atomic E-state index is 13.2. The van der Waals surface area contributed by atoms with Crippen LogP contribution >= 0.6 is 0 Å². The fourth-order valence-corrected chi connectivity index (χ4v) is 5.75. The zero-order valence-corrected chi connectivity index (χ0v) is 19.0. The van der Waals surface area contributed by atoms with Gasteiger partial charge >= 0.3 is 0 Å². The molecule has 7 nitrogen and oxygen atoms in total. The molecule has 7 heteroatoms. The zero-order chi connectivity index (χ0) is 21.6. The van der Waals surface area contributed by atoms with Crippen LogP contribution in [0.3, 0.4) is 0 Å². The largest absolute Gasteiger partial charge is 0.370 e. The zero-order valence-electron chi connectivity index (χ0n) is 19.0. The molecule has 0 bridgehead atoms. The standard InChI is InChI=1S/C24H36N4O3/c1-23(8-4-3-5-9-23)22(30)28-12-10-24(11-13-28)14-19-18(16-31-24)20(26-27(19)2)21(29)25-15-17-6-7-17/h17H,3-16H2,1-2H3,(H,25,29). The van der Waals surface area contributed by atoms with E-state index in [9.17, 15) is 9.59 Å². The van der Waals surface area contributed by atoms with E-state index in [1.165, 1.54) is 32.1 Å². The quantitative estimate of drug-likeness (QED) is 0.800. The van der Waals surface area contributed by atoms with Crippen LogP contribution in [0.2, 0.25) is 0 Å². The highest BCUT2D eigenvalue weighted by atomic mass is 16.5. The van der Waals surface area contributed by atoms with E-state index in [0.29, 0.717) is 24.1 Å². The van der Waals surface area contributed by atoms with Crippen LogP contribution in [0, 0.1) is 11.3 Å². The van der Waals surface area contributed by atoms with E-state index in [0.717, 1.165) is 63.0 Å². The number of carbonyl (C=O) groups excluding carboxylic acids is 2. The number of nitrogens with zero attached hydrogens (tertiary/aromatic N) is 3. The molecule has 2 amide bonds. The maximum Gasteiger partial charge on any atom is 0.272 e. The predicted octanol–water partition coefficient (Wildman–Crippen LogP) is 2.96. The number of ether oxygens (including phenoxy) is 1. The van der Waals surface area contributed by atoms with Crippen LogP contribution in [-0.2, 0) is 29.6 Å². The van der Waals surface area contributed by atoms with E-state index in [4.69, 9.17) is 4.74 Å². The minimum absolute atomic E-state index is 0.0792. The molecule has 3 fully saturated rings. The van der Waals surface area contributed by atoms with Crippen LogP contribution in [0.1, 0.15) is 86.5 Å². The maximum absolute atomic E-state index is 13.2. The number of nitrogens with one attached hydrogen (secondary N) is 1. The molecule has 1 saturated heterocycles. The van der Waals surface area contributed by atoms with Gasteiger partial charge in [0.25, 0.3) is 5.91 Å². The summed E-state index contributed by atoms with van der Waals surface area (Å²) in [7, 11) is 1.93. The molecule has 5 rings (SSSR count). The number of aryl methyl sites for hydroxylation is 1. The molecule has 0 radical (unpaired) electrons. The number of amides is 2. The molecule has 0 aromatic carbocycles. The number of hydrogen-bond acceptors (Lipinski definition) is 4. The summed E-state index contributed by atoms with van der Waals surface area (Å²) in [5.74, 6) is 0.907. The summed E-state index contributed by atoms with van der Waals surface area (Å²) in [6, 6.07) is 0. The lowest BCUT2D eigenvalue weighted by Crippen LogP contribution is -2.53. The Balaban J connectivity index is 1.24. The van der Waals surface area contributed by atoms with Gasteiger partial charge in [-0.05, 0) is 44.4 Å². The molecule has 1 spiro atoms. The van der Waals surface area contributed by atoms with E-state index in [2.05, 4.69) is 22.2 Å². The second-order valence-electron chi connectivity index (χ2n) is 10.6. The summed E-state index contributed by atoms with van der Waals surface area (Å²) >= 11 is 0. The van der Waals surface area contributed by atoms with Crippen LogP contribution < -0.4 is 5.32 Å². The lowest BCUT2D eigenvalue weighted by Gasteiger charge is -2.46. The number of piperidine rings is 1. The molecule has 3 heterocycles. The number of rotatable bonds is 4. The number of fused-ring (bicyclic) bond motifs is 1. The molecule has 2 aliphatic heterocycles. The number of aromatic nitrogens is 2. The highest BCUT2D eigenvalue weighted by Crippen LogP contribution is 2.41. The van der Waals surface area contributed by atoms with Crippen molar-refractivity contribution >= 4 is 11.8 Å². The Morgan fingerprint density at radius 1 is 1.13 bits per heavy atom. The Bertz CT molecular complexity index is 858. The lowest BCUT2D eigenvalue weighted by molar-refractivity contribution is -0.152. The molecule has 170 valence electrons. The molecule has 1 aromatic heterocycles. The van der Waals surface area contributed by atoms with Gasteiger partial charge in [-0.1, -0.05) is 26.2 Å². The first kappa shape index (κ1) is 21.0. The fourth-order valence-electron chi connectivity index (χ4n) is 5.75. The summed E-state index contributed by atoms with van der Waals surface area (Å²) in [6.07, 6.45) is 10.5. The number of hydrogen-bond donors (Lipinski definition) is 1. The van der Waals surface area contributed by atoms with Crippen LogP contribution in [0.15, 0.2) is 0 Å². The van der Waals surface area contributed by atoms with Gasteiger partial charge in [0.2, 0.25) is 5.91 Å². The van der Waals surface area contributed by atoms with Crippen LogP contribution in [0.4, 0.5) is 0 Å². The van der Waals surface area contributed by atoms with Crippen molar-refractivity contribution in [1.82, 2.24) is 20.0 Å². The molecular weight excluding hydrogens is 392 g/mol.